The maximum Gasteiger partial charge on any atom is 0.123 e. The quantitative estimate of drug-likeness (QED) is 0.492. The molecule has 0 spiro atoms. The van der Waals surface area contributed by atoms with E-state index in [2.05, 4.69) is 0 Å². The minimum absolute atomic E-state index is 0.258. The van der Waals surface area contributed by atoms with Crippen LogP contribution >= 0.6 is 0 Å². The van der Waals surface area contributed by atoms with Crippen LogP contribution in [0.4, 0.5) is 0 Å². The van der Waals surface area contributed by atoms with Crippen molar-refractivity contribution >= 4 is 6.29 Å². The minimum Gasteiger partial charge on any atom is -0.378 e. The van der Waals surface area contributed by atoms with Crippen LogP contribution in [-0.4, -0.2) is 19.0 Å². The van der Waals surface area contributed by atoms with E-state index >= 15 is 0 Å². The van der Waals surface area contributed by atoms with Crippen LogP contribution in [0.25, 0.3) is 0 Å². The lowest BCUT2D eigenvalue weighted by Crippen LogP contribution is -2.23. The molecule has 1 aliphatic heterocycles. The van der Waals surface area contributed by atoms with E-state index in [-0.39, 0.29) is 12.0 Å². The number of hydrogen-bond donors (Lipinski definition) is 0. The summed E-state index contributed by atoms with van der Waals surface area (Å²) in [4.78, 5) is 10.2. The van der Waals surface area contributed by atoms with Crippen molar-refractivity contribution in [2.75, 3.05) is 6.61 Å². The van der Waals surface area contributed by atoms with E-state index in [4.69, 9.17) is 4.74 Å². The van der Waals surface area contributed by atoms with Gasteiger partial charge in [-0.2, -0.15) is 0 Å². The van der Waals surface area contributed by atoms with Crippen LogP contribution in [0.2, 0.25) is 0 Å². The fourth-order valence-electron chi connectivity index (χ4n) is 1.16. The average molecular weight is 128 g/mol. The molecule has 1 aliphatic rings. The van der Waals surface area contributed by atoms with Gasteiger partial charge in [0.15, 0.2) is 0 Å². The molecule has 0 aliphatic carbocycles. The van der Waals surface area contributed by atoms with Crippen molar-refractivity contribution in [2.45, 2.75) is 25.9 Å². The zero-order chi connectivity index (χ0) is 6.69. The van der Waals surface area contributed by atoms with Crippen molar-refractivity contribution in [1.82, 2.24) is 0 Å². The van der Waals surface area contributed by atoms with Crippen molar-refractivity contribution in [3.05, 3.63) is 0 Å². The lowest BCUT2D eigenvalue weighted by Gasteiger charge is -2.22. The van der Waals surface area contributed by atoms with Crippen LogP contribution in [0, 0.1) is 5.92 Å². The summed E-state index contributed by atoms with van der Waals surface area (Å²) in [6.45, 7) is 2.76. The number of carbonyl (C=O) groups is 1. The van der Waals surface area contributed by atoms with Gasteiger partial charge in [0.1, 0.15) is 6.29 Å². The van der Waals surface area contributed by atoms with E-state index in [1.807, 2.05) is 6.92 Å². The number of rotatable bonds is 1. The summed E-state index contributed by atoms with van der Waals surface area (Å²) in [5, 5.41) is 0. The summed E-state index contributed by atoms with van der Waals surface area (Å²) < 4.78 is 5.25. The Morgan fingerprint density at radius 2 is 2.44 bits per heavy atom. The lowest BCUT2D eigenvalue weighted by molar-refractivity contribution is -0.115. The van der Waals surface area contributed by atoms with Gasteiger partial charge in [-0.15, -0.1) is 0 Å². The first kappa shape index (κ1) is 6.75. The molecule has 9 heavy (non-hydrogen) atoms. The summed E-state index contributed by atoms with van der Waals surface area (Å²) in [6, 6.07) is 0. The number of aldehydes is 1. The smallest absolute Gasteiger partial charge is 0.123 e. The molecule has 0 aromatic rings. The Morgan fingerprint density at radius 1 is 1.67 bits per heavy atom. The third-order valence-electron chi connectivity index (χ3n) is 1.72. The minimum atomic E-state index is 0.258. The summed E-state index contributed by atoms with van der Waals surface area (Å²) in [7, 11) is 0. The van der Waals surface area contributed by atoms with Crippen LogP contribution in [0.3, 0.4) is 0 Å². The van der Waals surface area contributed by atoms with Crippen LogP contribution in [-0.2, 0) is 9.53 Å². The molecule has 0 saturated carbocycles. The second-order valence-electron chi connectivity index (χ2n) is 2.60. The molecule has 2 heteroatoms. The molecule has 2 unspecified atom stereocenters. The molecule has 1 fully saturated rings. The topological polar surface area (TPSA) is 26.3 Å². The molecular formula is C7H12O2. The van der Waals surface area contributed by atoms with E-state index in [0.717, 1.165) is 25.7 Å². The van der Waals surface area contributed by atoms with E-state index in [1.54, 1.807) is 0 Å². The van der Waals surface area contributed by atoms with Crippen LogP contribution < -0.4 is 0 Å². The van der Waals surface area contributed by atoms with E-state index in [1.165, 1.54) is 0 Å². The van der Waals surface area contributed by atoms with E-state index < -0.39 is 0 Å². The van der Waals surface area contributed by atoms with Gasteiger partial charge in [-0.3, -0.25) is 0 Å². The van der Waals surface area contributed by atoms with Gasteiger partial charge in [0.25, 0.3) is 0 Å². The second kappa shape index (κ2) is 2.97. The maximum atomic E-state index is 10.2. The SMILES string of the molecule is CC1CC(C=O)CCO1. The van der Waals surface area contributed by atoms with Gasteiger partial charge >= 0.3 is 0 Å². The van der Waals surface area contributed by atoms with Gasteiger partial charge in [0.05, 0.1) is 6.10 Å². The third kappa shape index (κ3) is 1.79. The number of carbonyl (C=O) groups excluding carboxylic acids is 1. The predicted molar refractivity (Wildman–Crippen MR) is 34.2 cm³/mol. The maximum absolute atomic E-state index is 10.2. The Balaban J connectivity index is 2.31. The molecular weight excluding hydrogens is 116 g/mol. The zero-order valence-corrected chi connectivity index (χ0v) is 5.67. The predicted octanol–water partition coefficient (Wildman–Crippen LogP) is 1.00. The van der Waals surface area contributed by atoms with Crippen LogP contribution in [0.1, 0.15) is 19.8 Å². The van der Waals surface area contributed by atoms with Crippen LogP contribution in [0.5, 0.6) is 0 Å². The van der Waals surface area contributed by atoms with Gasteiger partial charge in [0.2, 0.25) is 0 Å². The first-order chi connectivity index (χ1) is 4.33. The fourth-order valence-corrected chi connectivity index (χ4v) is 1.16. The highest BCUT2D eigenvalue weighted by Crippen LogP contribution is 2.16. The van der Waals surface area contributed by atoms with Gasteiger partial charge in [-0.25, -0.2) is 0 Å². The molecule has 1 saturated heterocycles. The largest absolute Gasteiger partial charge is 0.378 e. The highest BCUT2D eigenvalue weighted by Gasteiger charge is 2.17. The van der Waals surface area contributed by atoms with Crippen molar-refractivity contribution < 1.29 is 9.53 Å². The van der Waals surface area contributed by atoms with Crippen LogP contribution in [0.15, 0.2) is 0 Å². The molecule has 0 N–H and O–H groups in total. The molecule has 0 aromatic heterocycles. The Kier molecular flexibility index (Phi) is 2.22. The van der Waals surface area contributed by atoms with Crippen molar-refractivity contribution in [3.63, 3.8) is 0 Å². The summed E-state index contributed by atoms with van der Waals surface area (Å²) in [5.74, 6) is 0.258. The summed E-state index contributed by atoms with van der Waals surface area (Å²) in [5.41, 5.74) is 0. The van der Waals surface area contributed by atoms with Gasteiger partial charge in [-0.05, 0) is 19.8 Å². The van der Waals surface area contributed by atoms with E-state index in [0.29, 0.717) is 0 Å². The highest BCUT2D eigenvalue weighted by molar-refractivity contribution is 5.53. The standard InChI is InChI=1S/C7H12O2/c1-6-4-7(5-8)2-3-9-6/h5-7H,2-4H2,1H3. The van der Waals surface area contributed by atoms with Crippen molar-refractivity contribution in [2.24, 2.45) is 5.92 Å². The van der Waals surface area contributed by atoms with Gasteiger partial charge in [0, 0.05) is 12.5 Å². The fraction of sp³-hybridized carbons (Fsp3) is 0.857. The first-order valence-corrected chi connectivity index (χ1v) is 3.40. The second-order valence-corrected chi connectivity index (χ2v) is 2.60. The molecule has 0 aromatic carbocycles. The van der Waals surface area contributed by atoms with Crippen molar-refractivity contribution in [1.29, 1.82) is 0 Å². The average Bonchev–Trinajstić information content (AvgIpc) is 1.88. The highest BCUT2D eigenvalue weighted by atomic mass is 16.5. The molecule has 52 valence electrons. The molecule has 2 nitrogen and oxygen atoms in total. The zero-order valence-electron chi connectivity index (χ0n) is 5.67. The molecule has 0 bridgehead atoms. The van der Waals surface area contributed by atoms with E-state index in [9.17, 15) is 4.79 Å². The van der Waals surface area contributed by atoms with Gasteiger partial charge < -0.3 is 9.53 Å². The Hall–Kier alpha value is -0.370. The normalized spacial score (nSPS) is 36.1. The number of hydrogen-bond acceptors (Lipinski definition) is 2. The third-order valence-corrected chi connectivity index (χ3v) is 1.72. The Bertz CT molecular complexity index is 101. The molecule has 0 radical (unpaired) electrons. The first-order valence-electron chi connectivity index (χ1n) is 3.40. The Morgan fingerprint density at radius 3 is 2.89 bits per heavy atom. The summed E-state index contributed by atoms with van der Waals surface area (Å²) >= 11 is 0. The van der Waals surface area contributed by atoms with Crippen molar-refractivity contribution in [3.8, 4) is 0 Å². The molecule has 2 atom stereocenters. The summed E-state index contributed by atoms with van der Waals surface area (Å²) in [6.07, 6.45) is 3.14. The molecule has 0 amide bonds. The van der Waals surface area contributed by atoms with Gasteiger partial charge in [-0.1, -0.05) is 0 Å². The lowest BCUT2D eigenvalue weighted by atomic mass is 9.98. The Labute approximate surface area is 55.2 Å². The molecule has 1 rings (SSSR count). The number of ether oxygens (including phenoxy) is 1. The molecule has 1 heterocycles. The monoisotopic (exact) mass is 128 g/mol.